The summed E-state index contributed by atoms with van der Waals surface area (Å²) >= 11 is 12.2. The van der Waals surface area contributed by atoms with Crippen LogP contribution < -0.4 is 10.6 Å². The normalized spacial score (nSPS) is 21.2. The fourth-order valence-corrected chi connectivity index (χ4v) is 3.69. The molecule has 0 saturated carbocycles. The van der Waals surface area contributed by atoms with Gasteiger partial charge in [0.2, 0.25) is 5.54 Å². The summed E-state index contributed by atoms with van der Waals surface area (Å²) in [5.74, 6) is -1.21. The topological polar surface area (TPSA) is 78.5 Å². The smallest absolute Gasteiger partial charge is 0.323 e. The number of hydrogen-bond donors (Lipinski definition) is 2. The first-order valence-electron chi connectivity index (χ1n) is 7.84. The summed E-state index contributed by atoms with van der Waals surface area (Å²) in [7, 11) is 0. The molecular formula is C18H13Cl2N3O3. The number of nitrogens with one attached hydrogen (secondary N) is 2. The lowest BCUT2D eigenvalue weighted by Gasteiger charge is -2.20. The van der Waals surface area contributed by atoms with Gasteiger partial charge in [0.1, 0.15) is 0 Å². The molecule has 1 unspecified atom stereocenters. The van der Waals surface area contributed by atoms with E-state index in [1.807, 2.05) is 13.0 Å². The molecule has 4 amide bonds. The Kier molecular flexibility index (Phi) is 3.71. The van der Waals surface area contributed by atoms with Crippen molar-refractivity contribution in [3.05, 3.63) is 63.1 Å². The molecule has 8 heteroatoms. The molecular weight excluding hydrogens is 377 g/mol. The number of aryl methyl sites for hydroxylation is 1. The quantitative estimate of drug-likeness (QED) is 0.611. The Morgan fingerprint density at radius 1 is 1.12 bits per heavy atom. The molecule has 4 rings (SSSR count). The van der Waals surface area contributed by atoms with Crippen molar-refractivity contribution in [2.24, 2.45) is 0 Å². The van der Waals surface area contributed by atoms with E-state index in [1.54, 1.807) is 30.3 Å². The minimum Gasteiger partial charge on any atom is -0.323 e. The maximum absolute atomic E-state index is 13.1. The van der Waals surface area contributed by atoms with E-state index >= 15 is 0 Å². The number of halogens is 2. The first-order valence-corrected chi connectivity index (χ1v) is 8.60. The molecule has 132 valence electrons. The number of fused-ring (bicyclic) bond motifs is 2. The van der Waals surface area contributed by atoms with Crippen molar-refractivity contribution >= 4 is 46.7 Å². The number of hydrogen-bond acceptors (Lipinski definition) is 3. The van der Waals surface area contributed by atoms with Gasteiger partial charge in [-0.2, -0.15) is 0 Å². The Balaban J connectivity index is 1.76. The highest BCUT2D eigenvalue weighted by Gasteiger charge is 2.61. The third kappa shape index (κ3) is 2.22. The monoisotopic (exact) mass is 389 g/mol. The number of amides is 4. The number of imide groups is 1. The minimum absolute atomic E-state index is 0.0831. The van der Waals surface area contributed by atoms with Crippen LogP contribution in [0.4, 0.5) is 10.5 Å². The number of anilines is 1. The second-order valence-corrected chi connectivity index (χ2v) is 7.07. The highest BCUT2D eigenvalue weighted by Crippen LogP contribution is 2.41. The first kappa shape index (κ1) is 16.9. The molecule has 1 spiro atoms. The molecule has 0 aliphatic carbocycles. The zero-order valence-corrected chi connectivity index (χ0v) is 15.1. The fourth-order valence-electron chi connectivity index (χ4n) is 3.31. The number of benzene rings is 2. The minimum atomic E-state index is -1.75. The highest BCUT2D eigenvalue weighted by molar-refractivity contribution is 6.42. The Bertz CT molecular complexity index is 992. The van der Waals surface area contributed by atoms with E-state index in [0.717, 1.165) is 10.5 Å². The number of carbonyl (C=O) groups excluding carboxylic acids is 3. The molecule has 0 bridgehead atoms. The summed E-state index contributed by atoms with van der Waals surface area (Å²) in [6.07, 6.45) is 0. The Labute approximate surface area is 159 Å². The van der Waals surface area contributed by atoms with E-state index in [4.69, 9.17) is 23.2 Å². The molecule has 2 aliphatic heterocycles. The van der Waals surface area contributed by atoms with Crippen LogP contribution in [0.5, 0.6) is 0 Å². The van der Waals surface area contributed by atoms with Crippen LogP contribution in [0.3, 0.4) is 0 Å². The number of carbonyl (C=O) groups is 3. The van der Waals surface area contributed by atoms with Gasteiger partial charge in [-0.3, -0.25) is 14.5 Å². The SMILES string of the molecule is Cc1ccc2c(c1)C1(NC(=O)N(Cc3cccc(Cl)c3Cl)C1=O)C(=O)N2. The van der Waals surface area contributed by atoms with Crippen LogP contribution in [0.2, 0.25) is 10.0 Å². The lowest BCUT2D eigenvalue weighted by molar-refractivity contribution is -0.137. The second kappa shape index (κ2) is 5.72. The van der Waals surface area contributed by atoms with Gasteiger partial charge in [0, 0.05) is 11.3 Å². The summed E-state index contributed by atoms with van der Waals surface area (Å²) in [5.41, 5.74) is 0.599. The molecule has 6 nitrogen and oxygen atoms in total. The zero-order chi connectivity index (χ0) is 18.6. The summed E-state index contributed by atoms with van der Waals surface area (Å²) in [4.78, 5) is 39.3. The van der Waals surface area contributed by atoms with E-state index < -0.39 is 23.4 Å². The van der Waals surface area contributed by atoms with Crippen molar-refractivity contribution < 1.29 is 14.4 Å². The van der Waals surface area contributed by atoms with Crippen molar-refractivity contribution in [1.29, 1.82) is 0 Å². The van der Waals surface area contributed by atoms with Crippen LogP contribution in [0.15, 0.2) is 36.4 Å². The van der Waals surface area contributed by atoms with Gasteiger partial charge in [-0.05, 0) is 24.6 Å². The van der Waals surface area contributed by atoms with Gasteiger partial charge in [-0.25, -0.2) is 4.79 Å². The van der Waals surface area contributed by atoms with Crippen LogP contribution in [-0.4, -0.2) is 22.7 Å². The predicted molar refractivity (Wildman–Crippen MR) is 97.0 cm³/mol. The van der Waals surface area contributed by atoms with Crippen LogP contribution in [0.25, 0.3) is 0 Å². The molecule has 1 saturated heterocycles. The summed E-state index contributed by atoms with van der Waals surface area (Å²) in [6, 6.07) is 9.57. The van der Waals surface area contributed by atoms with Crippen LogP contribution in [0, 0.1) is 6.92 Å². The van der Waals surface area contributed by atoms with Crippen LogP contribution in [0.1, 0.15) is 16.7 Å². The Hall–Kier alpha value is -2.57. The molecule has 0 aromatic heterocycles. The summed E-state index contributed by atoms with van der Waals surface area (Å²) < 4.78 is 0. The summed E-state index contributed by atoms with van der Waals surface area (Å²) in [6.45, 7) is 1.77. The maximum atomic E-state index is 13.1. The van der Waals surface area contributed by atoms with E-state index in [1.165, 1.54) is 0 Å². The highest BCUT2D eigenvalue weighted by atomic mass is 35.5. The van der Waals surface area contributed by atoms with E-state index in [9.17, 15) is 14.4 Å². The third-order valence-corrected chi connectivity index (χ3v) is 5.49. The predicted octanol–water partition coefficient (Wildman–Crippen LogP) is 3.20. The molecule has 0 radical (unpaired) electrons. The van der Waals surface area contributed by atoms with Crippen molar-refractivity contribution in [3.8, 4) is 0 Å². The number of nitrogens with zero attached hydrogens (tertiary/aromatic N) is 1. The lowest BCUT2D eigenvalue weighted by Crippen LogP contribution is -2.49. The zero-order valence-electron chi connectivity index (χ0n) is 13.6. The van der Waals surface area contributed by atoms with Gasteiger partial charge in [0.15, 0.2) is 0 Å². The van der Waals surface area contributed by atoms with Crippen molar-refractivity contribution in [2.75, 3.05) is 5.32 Å². The van der Waals surface area contributed by atoms with Gasteiger partial charge in [0.25, 0.3) is 11.8 Å². The van der Waals surface area contributed by atoms with Gasteiger partial charge in [0.05, 0.1) is 16.6 Å². The number of rotatable bonds is 2. The fraction of sp³-hybridized carbons (Fsp3) is 0.167. The molecule has 2 heterocycles. The van der Waals surface area contributed by atoms with E-state index in [-0.39, 0.29) is 11.6 Å². The molecule has 2 N–H and O–H groups in total. The Morgan fingerprint density at radius 3 is 2.65 bits per heavy atom. The maximum Gasteiger partial charge on any atom is 0.326 e. The largest absolute Gasteiger partial charge is 0.326 e. The molecule has 26 heavy (non-hydrogen) atoms. The van der Waals surface area contributed by atoms with E-state index in [2.05, 4.69) is 10.6 Å². The Morgan fingerprint density at radius 2 is 1.88 bits per heavy atom. The average molecular weight is 390 g/mol. The molecule has 1 atom stereocenters. The van der Waals surface area contributed by atoms with Gasteiger partial charge < -0.3 is 10.6 Å². The van der Waals surface area contributed by atoms with Crippen molar-refractivity contribution in [2.45, 2.75) is 19.0 Å². The van der Waals surface area contributed by atoms with Crippen molar-refractivity contribution in [1.82, 2.24) is 10.2 Å². The van der Waals surface area contributed by atoms with Gasteiger partial charge in [-0.1, -0.05) is 53.0 Å². The van der Waals surface area contributed by atoms with Crippen LogP contribution >= 0.6 is 23.2 Å². The van der Waals surface area contributed by atoms with Gasteiger partial charge in [-0.15, -0.1) is 0 Å². The van der Waals surface area contributed by atoms with E-state index in [0.29, 0.717) is 21.8 Å². The van der Waals surface area contributed by atoms with Crippen molar-refractivity contribution in [3.63, 3.8) is 0 Å². The standard InChI is InChI=1S/C18H13Cl2N3O3/c1-9-5-6-13-11(7-9)18(15(24)21-13)16(25)23(17(26)22-18)8-10-3-2-4-12(19)14(10)20/h2-7H,8H2,1H3,(H,21,24)(H,22,26). The molecule has 2 aliphatic rings. The second-order valence-electron chi connectivity index (χ2n) is 6.29. The number of urea groups is 1. The molecule has 1 fully saturated rings. The summed E-state index contributed by atoms with van der Waals surface area (Å²) in [5, 5.41) is 5.82. The van der Waals surface area contributed by atoms with Gasteiger partial charge >= 0.3 is 6.03 Å². The lowest BCUT2D eigenvalue weighted by atomic mass is 9.90. The first-order chi connectivity index (χ1) is 12.3. The van der Waals surface area contributed by atoms with Crippen LogP contribution in [-0.2, 0) is 21.7 Å². The average Bonchev–Trinajstić information content (AvgIpc) is 3.01. The molecule has 2 aromatic rings. The third-order valence-electron chi connectivity index (χ3n) is 4.63. The molecule has 2 aromatic carbocycles.